The number of nitrogens with two attached hydrogens (primary N) is 1. The molecule has 1 unspecified atom stereocenters. The number of rotatable bonds is 6. The average Bonchev–Trinajstić information content (AvgIpc) is 2.85. The highest BCUT2D eigenvalue weighted by Crippen LogP contribution is 2.20. The molecule has 0 amide bonds. The van der Waals surface area contributed by atoms with Crippen LogP contribution in [0.25, 0.3) is 11.4 Å². The van der Waals surface area contributed by atoms with Gasteiger partial charge in [-0.2, -0.15) is 0 Å². The number of aromatic nitrogens is 4. The fourth-order valence-electron chi connectivity index (χ4n) is 1.85. The normalized spacial score (nSPS) is 12.6. The van der Waals surface area contributed by atoms with Crippen LogP contribution in [0.4, 0.5) is 10.1 Å². The predicted molar refractivity (Wildman–Crippen MR) is 70.3 cm³/mol. The minimum atomic E-state index is -0.435. The summed E-state index contributed by atoms with van der Waals surface area (Å²) in [6.45, 7) is 0.796. The maximum Gasteiger partial charge on any atom is 0.182 e. The van der Waals surface area contributed by atoms with Gasteiger partial charge in [0.2, 0.25) is 0 Å². The second-order valence-electron chi connectivity index (χ2n) is 4.27. The molecule has 0 spiro atoms. The number of halogens is 1. The van der Waals surface area contributed by atoms with Gasteiger partial charge in [-0.15, -0.1) is 5.10 Å². The van der Waals surface area contributed by atoms with Gasteiger partial charge in [0.05, 0.1) is 13.2 Å². The van der Waals surface area contributed by atoms with Crippen LogP contribution in [0.15, 0.2) is 18.2 Å². The van der Waals surface area contributed by atoms with E-state index in [9.17, 15) is 4.39 Å². The molecule has 2 rings (SSSR count). The van der Waals surface area contributed by atoms with Crippen molar-refractivity contribution >= 4 is 5.69 Å². The lowest BCUT2D eigenvalue weighted by molar-refractivity contribution is 0.0163. The Kier molecular flexibility index (Phi) is 4.59. The van der Waals surface area contributed by atoms with E-state index in [1.54, 1.807) is 20.3 Å². The molecule has 8 heteroatoms. The van der Waals surface area contributed by atoms with Crippen LogP contribution in [0.2, 0.25) is 0 Å². The van der Waals surface area contributed by atoms with E-state index in [0.29, 0.717) is 30.2 Å². The summed E-state index contributed by atoms with van der Waals surface area (Å²) in [5.41, 5.74) is 6.46. The largest absolute Gasteiger partial charge is 0.399 e. The second-order valence-corrected chi connectivity index (χ2v) is 4.27. The molecular formula is C12H16FN5O2. The molecular weight excluding hydrogens is 265 g/mol. The third-order valence-corrected chi connectivity index (χ3v) is 2.77. The fourth-order valence-corrected chi connectivity index (χ4v) is 1.85. The Hall–Kier alpha value is -2.06. The van der Waals surface area contributed by atoms with Crippen LogP contribution in [0.5, 0.6) is 0 Å². The van der Waals surface area contributed by atoms with Crippen LogP contribution in [0, 0.1) is 5.82 Å². The van der Waals surface area contributed by atoms with Gasteiger partial charge in [-0.25, -0.2) is 9.07 Å². The zero-order chi connectivity index (χ0) is 14.5. The molecule has 0 saturated heterocycles. The Morgan fingerprint density at radius 1 is 1.35 bits per heavy atom. The maximum atomic E-state index is 13.4. The molecule has 2 aromatic rings. The molecule has 0 bridgehead atoms. The third-order valence-electron chi connectivity index (χ3n) is 2.77. The van der Waals surface area contributed by atoms with Crippen LogP contribution in [-0.2, 0) is 16.0 Å². The SMILES string of the molecule is COCC(Cn1nnnc1-c1cc(N)cc(F)c1)OC. The molecule has 2 N–H and O–H groups in total. The summed E-state index contributed by atoms with van der Waals surface area (Å²) in [6, 6.07) is 4.18. The van der Waals surface area contributed by atoms with E-state index in [2.05, 4.69) is 15.5 Å². The molecule has 1 aromatic carbocycles. The van der Waals surface area contributed by atoms with Gasteiger partial charge < -0.3 is 15.2 Å². The lowest BCUT2D eigenvalue weighted by Gasteiger charge is -2.14. The third kappa shape index (κ3) is 3.28. The quantitative estimate of drug-likeness (QED) is 0.785. The molecule has 7 nitrogen and oxygen atoms in total. The van der Waals surface area contributed by atoms with Crippen molar-refractivity contribution in [3.8, 4) is 11.4 Å². The molecule has 1 heterocycles. The number of nitrogens with zero attached hydrogens (tertiary/aromatic N) is 4. The van der Waals surface area contributed by atoms with Crippen LogP contribution >= 0.6 is 0 Å². The number of methoxy groups -OCH3 is 2. The number of hydrogen-bond acceptors (Lipinski definition) is 6. The molecule has 108 valence electrons. The van der Waals surface area contributed by atoms with Crippen molar-refractivity contribution in [3.63, 3.8) is 0 Å². The van der Waals surface area contributed by atoms with Crippen LogP contribution in [0.1, 0.15) is 0 Å². The second kappa shape index (κ2) is 6.40. The highest BCUT2D eigenvalue weighted by molar-refractivity contribution is 5.61. The molecule has 0 aliphatic carbocycles. The number of anilines is 1. The van der Waals surface area contributed by atoms with Gasteiger partial charge in [0, 0.05) is 25.5 Å². The number of ether oxygens (including phenoxy) is 2. The molecule has 0 aliphatic heterocycles. The number of hydrogen-bond donors (Lipinski definition) is 1. The van der Waals surface area contributed by atoms with Crippen molar-refractivity contribution in [1.82, 2.24) is 20.2 Å². The van der Waals surface area contributed by atoms with Crippen molar-refractivity contribution in [2.45, 2.75) is 12.6 Å². The molecule has 0 fully saturated rings. The molecule has 1 aromatic heterocycles. The minimum absolute atomic E-state index is 0.201. The maximum absolute atomic E-state index is 13.4. The van der Waals surface area contributed by atoms with E-state index >= 15 is 0 Å². The summed E-state index contributed by atoms with van der Waals surface area (Å²) in [6.07, 6.45) is -0.201. The van der Waals surface area contributed by atoms with Gasteiger partial charge in [0.1, 0.15) is 11.9 Å². The Morgan fingerprint density at radius 2 is 2.15 bits per heavy atom. The number of tetrazole rings is 1. The van der Waals surface area contributed by atoms with E-state index in [0.717, 1.165) is 0 Å². The molecule has 0 aliphatic rings. The van der Waals surface area contributed by atoms with Crippen molar-refractivity contribution < 1.29 is 13.9 Å². The molecule has 20 heavy (non-hydrogen) atoms. The average molecular weight is 281 g/mol. The van der Waals surface area contributed by atoms with Gasteiger partial charge in [0.15, 0.2) is 5.82 Å². The Labute approximate surface area is 115 Å². The highest BCUT2D eigenvalue weighted by Gasteiger charge is 2.15. The topological polar surface area (TPSA) is 88.1 Å². The van der Waals surface area contributed by atoms with Crippen molar-refractivity contribution in [3.05, 3.63) is 24.0 Å². The van der Waals surface area contributed by atoms with Gasteiger partial charge in [-0.1, -0.05) is 0 Å². The zero-order valence-electron chi connectivity index (χ0n) is 11.3. The summed E-state index contributed by atoms with van der Waals surface area (Å²) >= 11 is 0. The first-order chi connectivity index (χ1) is 9.63. The Balaban J connectivity index is 2.27. The first-order valence-corrected chi connectivity index (χ1v) is 5.98. The summed E-state index contributed by atoms with van der Waals surface area (Å²) in [5.74, 6) is -0.0101. The lowest BCUT2D eigenvalue weighted by atomic mass is 10.2. The van der Waals surface area contributed by atoms with Crippen molar-refractivity contribution in [2.75, 3.05) is 26.6 Å². The summed E-state index contributed by atoms with van der Waals surface area (Å²) in [7, 11) is 3.16. The van der Waals surface area contributed by atoms with E-state index in [1.165, 1.54) is 16.8 Å². The first-order valence-electron chi connectivity index (χ1n) is 5.98. The van der Waals surface area contributed by atoms with E-state index in [1.807, 2.05) is 0 Å². The Bertz CT molecular complexity index is 554. The summed E-state index contributed by atoms with van der Waals surface area (Å²) in [5, 5.41) is 11.4. The fraction of sp³-hybridized carbons (Fsp3) is 0.417. The minimum Gasteiger partial charge on any atom is -0.399 e. The summed E-state index contributed by atoms with van der Waals surface area (Å²) < 4.78 is 25.2. The number of nitrogen functional groups attached to an aromatic ring is 1. The smallest absolute Gasteiger partial charge is 0.182 e. The monoisotopic (exact) mass is 281 g/mol. The highest BCUT2D eigenvalue weighted by atomic mass is 19.1. The molecule has 1 atom stereocenters. The van der Waals surface area contributed by atoms with Gasteiger partial charge >= 0.3 is 0 Å². The van der Waals surface area contributed by atoms with Crippen LogP contribution in [-0.4, -0.2) is 47.1 Å². The zero-order valence-corrected chi connectivity index (χ0v) is 11.3. The van der Waals surface area contributed by atoms with Crippen molar-refractivity contribution in [2.24, 2.45) is 0 Å². The van der Waals surface area contributed by atoms with E-state index < -0.39 is 5.82 Å². The van der Waals surface area contributed by atoms with Crippen molar-refractivity contribution in [1.29, 1.82) is 0 Å². The predicted octanol–water partition coefficient (Wildman–Crippen LogP) is 0.723. The molecule has 0 radical (unpaired) electrons. The van der Waals surface area contributed by atoms with Gasteiger partial charge in [0.25, 0.3) is 0 Å². The Morgan fingerprint density at radius 3 is 2.80 bits per heavy atom. The summed E-state index contributed by atoms with van der Waals surface area (Å²) in [4.78, 5) is 0. The number of benzene rings is 1. The standard InChI is InChI=1S/C12H16FN5O2/c1-19-7-11(20-2)6-18-12(15-16-17-18)8-3-9(13)5-10(14)4-8/h3-5,11H,6-7,14H2,1-2H3. The molecule has 0 saturated carbocycles. The van der Waals surface area contributed by atoms with E-state index in [4.69, 9.17) is 15.2 Å². The first kappa shape index (κ1) is 14.4. The van der Waals surface area contributed by atoms with Gasteiger partial charge in [-0.05, 0) is 28.6 Å². The lowest BCUT2D eigenvalue weighted by Crippen LogP contribution is -2.25. The van der Waals surface area contributed by atoms with Crippen LogP contribution < -0.4 is 5.73 Å². The van der Waals surface area contributed by atoms with Gasteiger partial charge in [-0.3, -0.25) is 0 Å². The van der Waals surface area contributed by atoms with E-state index in [-0.39, 0.29) is 6.10 Å². The van der Waals surface area contributed by atoms with Crippen LogP contribution in [0.3, 0.4) is 0 Å².